The summed E-state index contributed by atoms with van der Waals surface area (Å²) in [6.45, 7) is 1.31. The molecule has 1 aliphatic rings. The second-order valence-electron chi connectivity index (χ2n) is 11.9. The number of esters is 1. The Balaban J connectivity index is 1.41. The van der Waals surface area contributed by atoms with Gasteiger partial charge in [0.1, 0.15) is 0 Å². The normalized spacial score (nSPS) is 17.8. The predicted octanol–water partition coefficient (Wildman–Crippen LogP) is 4.87. The number of sulfone groups is 1. The third-order valence-electron chi connectivity index (χ3n) is 8.49. The molecule has 0 unspecified atom stereocenters. The molecule has 0 aliphatic carbocycles. The van der Waals surface area contributed by atoms with Gasteiger partial charge in [-0.15, -0.1) is 0 Å². The maximum Gasteiger partial charge on any atom is 0.342 e. The Labute approximate surface area is 282 Å². The number of carbonyl (C=O) groups excluding carboxylic acids is 2. The van der Waals surface area contributed by atoms with Crippen molar-refractivity contribution in [2.24, 2.45) is 5.73 Å². The number of ether oxygens (including phenoxy) is 2. The second kappa shape index (κ2) is 15.4. The molecule has 0 bridgehead atoms. The molecule has 1 fully saturated rings. The van der Waals surface area contributed by atoms with Gasteiger partial charge in [0.05, 0.1) is 24.2 Å². The van der Waals surface area contributed by atoms with Gasteiger partial charge in [0.2, 0.25) is 5.54 Å². The van der Waals surface area contributed by atoms with Crippen LogP contribution in [0.3, 0.4) is 0 Å². The molecule has 0 aromatic heterocycles. The highest BCUT2D eigenvalue weighted by molar-refractivity contribution is 7.90. The van der Waals surface area contributed by atoms with E-state index in [4.69, 9.17) is 15.2 Å². The van der Waals surface area contributed by atoms with E-state index in [-0.39, 0.29) is 23.5 Å². The average molecular weight is 668 g/mol. The lowest BCUT2D eigenvalue weighted by Gasteiger charge is -2.42. The quantitative estimate of drug-likeness (QED) is 0.153. The number of para-hydroxylation sites is 2. The SMILES string of the molecule is COC(=O)[C@](Cc1ccccc1)(C(N)=O)N(c1ccccc1)c1ccccc1CC[C@@H]1CNC[C@@H](/C=C/c2ccc(S(C)(=O)=O)cc2)O1. The molecule has 1 aliphatic heterocycles. The lowest BCUT2D eigenvalue weighted by molar-refractivity contribution is -0.151. The minimum Gasteiger partial charge on any atom is -0.467 e. The van der Waals surface area contributed by atoms with Crippen LogP contribution >= 0.6 is 0 Å². The number of anilines is 2. The zero-order valence-corrected chi connectivity index (χ0v) is 27.9. The third-order valence-corrected chi connectivity index (χ3v) is 9.62. The van der Waals surface area contributed by atoms with Gasteiger partial charge in [0.25, 0.3) is 5.91 Å². The number of nitrogens with two attached hydrogens (primary N) is 1. The molecule has 3 atom stereocenters. The van der Waals surface area contributed by atoms with Crippen LogP contribution in [0.1, 0.15) is 23.1 Å². The molecule has 4 aromatic rings. The van der Waals surface area contributed by atoms with Crippen LogP contribution in [0.5, 0.6) is 0 Å². The van der Waals surface area contributed by atoms with Crippen LogP contribution < -0.4 is 16.0 Å². The Bertz CT molecular complexity index is 1830. The molecular weight excluding hydrogens is 627 g/mol. The van der Waals surface area contributed by atoms with Crippen LogP contribution in [0.4, 0.5) is 11.4 Å². The fourth-order valence-electron chi connectivity index (χ4n) is 6.06. The van der Waals surface area contributed by atoms with Crippen LogP contribution in [0.2, 0.25) is 0 Å². The van der Waals surface area contributed by atoms with E-state index in [0.717, 1.165) is 16.7 Å². The van der Waals surface area contributed by atoms with E-state index in [2.05, 4.69) is 5.32 Å². The van der Waals surface area contributed by atoms with E-state index in [9.17, 15) is 18.0 Å². The minimum atomic E-state index is -3.26. The zero-order valence-electron chi connectivity index (χ0n) is 27.1. The monoisotopic (exact) mass is 667 g/mol. The third kappa shape index (κ3) is 8.02. The van der Waals surface area contributed by atoms with Gasteiger partial charge in [-0.3, -0.25) is 4.79 Å². The molecule has 5 rings (SSSR count). The summed E-state index contributed by atoms with van der Waals surface area (Å²) in [5, 5.41) is 3.45. The van der Waals surface area contributed by atoms with Gasteiger partial charge >= 0.3 is 5.97 Å². The number of primary amides is 1. The number of aryl methyl sites for hydroxylation is 1. The average Bonchev–Trinajstić information content (AvgIpc) is 3.10. The van der Waals surface area contributed by atoms with E-state index in [1.54, 1.807) is 29.2 Å². The minimum absolute atomic E-state index is 0.000268. The van der Waals surface area contributed by atoms with Gasteiger partial charge in [-0.25, -0.2) is 13.2 Å². The predicted molar refractivity (Wildman–Crippen MR) is 188 cm³/mol. The highest BCUT2D eigenvalue weighted by Gasteiger charge is 2.52. The number of hydrogen-bond donors (Lipinski definition) is 2. The summed E-state index contributed by atoms with van der Waals surface area (Å²) in [5.74, 6) is -1.57. The van der Waals surface area contributed by atoms with Gasteiger partial charge < -0.3 is 25.4 Å². The Morgan fingerprint density at radius 3 is 2.23 bits per heavy atom. The Kier molecular flexibility index (Phi) is 11.1. The molecule has 1 heterocycles. The topological polar surface area (TPSA) is 128 Å². The molecule has 0 spiro atoms. The van der Waals surface area contributed by atoms with Crippen molar-refractivity contribution in [1.29, 1.82) is 0 Å². The van der Waals surface area contributed by atoms with Gasteiger partial charge in [0, 0.05) is 37.1 Å². The number of benzene rings is 4. The molecule has 48 heavy (non-hydrogen) atoms. The summed E-state index contributed by atoms with van der Waals surface area (Å²) in [4.78, 5) is 29.4. The van der Waals surface area contributed by atoms with Crippen molar-refractivity contribution >= 4 is 39.2 Å². The summed E-state index contributed by atoms with van der Waals surface area (Å²) in [6, 6.07) is 33.0. The van der Waals surface area contributed by atoms with Gasteiger partial charge in [-0.05, 0) is 59.9 Å². The number of amides is 1. The summed E-state index contributed by atoms with van der Waals surface area (Å²) >= 11 is 0. The lowest BCUT2D eigenvalue weighted by atomic mass is 9.85. The van der Waals surface area contributed by atoms with Crippen molar-refractivity contribution < 1.29 is 27.5 Å². The van der Waals surface area contributed by atoms with Gasteiger partial charge in [-0.2, -0.15) is 0 Å². The molecule has 0 radical (unpaired) electrons. The number of hydrogen-bond acceptors (Lipinski definition) is 8. The summed E-state index contributed by atoms with van der Waals surface area (Å²) < 4.78 is 35.3. The second-order valence-corrected chi connectivity index (χ2v) is 13.9. The van der Waals surface area contributed by atoms with Crippen molar-refractivity contribution in [3.63, 3.8) is 0 Å². The molecule has 3 N–H and O–H groups in total. The van der Waals surface area contributed by atoms with E-state index >= 15 is 0 Å². The van der Waals surface area contributed by atoms with Gasteiger partial charge in [0.15, 0.2) is 9.84 Å². The lowest BCUT2D eigenvalue weighted by Crippen LogP contribution is -2.63. The smallest absolute Gasteiger partial charge is 0.342 e. The highest BCUT2D eigenvalue weighted by Crippen LogP contribution is 2.39. The standard InChI is InChI=1S/C38H41N3O6S/c1-46-37(43)38(36(39)42,25-29-11-5-3-6-12-29)41(31-14-7-4-8-15-31)35-16-10-9-13-30(35)20-22-33-27-40-26-32(47-33)21-17-28-18-23-34(24-19-28)48(2,44)45/h3-19,21,23-24,32-33,40H,20,22,25-27H2,1-2H3,(H2,39,42)/b21-17+/t32-,33-,38+/m1/s1. The first-order valence-corrected chi connectivity index (χ1v) is 17.7. The maximum atomic E-state index is 13.8. The van der Waals surface area contributed by atoms with Crippen molar-refractivity contribution in [2.75, 3.05) is 31.4 Å². The number of rotatable bonds is 13. The van der Waals surface area contributed by atoms with E-state index < -0.39 is 27.3 Å². The largest absolute Gasteiger partial charge is 0.467 e. The molecule has 1 amide bonds. The number of nitrogens with one attached hydrogen (secondary N) is 1. The summed E-state index contributed by atoms with van der Waals surface area (Å²) in [5.41, 5.74) is 8.13. The number of nitrogens with zero attached hydrogens (tertiary/aromatic N) is 1. The number of carbonyl (C=O) groups is 2. The first-order chi connectivity index (χ1) is 23.1. The first-order valence-electron chi connectivity index (χ1n) is 15.8. The molecule has 1 saturated heterocycles. The maximum absolute atomic E-state index is 13.8. The van der Waals surface area contributed by atoms with Crippen molar-refractivity contribution in [3.05, 3.63) is 132 Å². The van der Waals surface area contributed by atoms with E-state index in [1.165, 1.54) is 13.4 Å². The molecule has 250 valence electrons. The molecule has 0 saturated carbocycles. The van der Waals surface area contributed by atoms with Crippen molar-refractivity contribution in [1.82, 2.24) is 5.32 Å². The van der Waals surface area contributed by atoms with E-state index in [0.29, 0.717) is 37.3 Å². The van der Waals surface area contributed by atoms with Crippen molar-refractivity contribution in [3.8, 4) is 0 Å². The fraction of sp³-hybridized carbons (Fsp3) is 0.263. The Morgan fingerprint density at radius 2 is 1.58 bits per heavy atom. The zero-order chi connectivity index (χ0) is 34.1. The van der Waals surface area contributed by atoms with E-state index in [1.807, 2.05) is 97.1 Å². The summed E-state index contributed by atoms with van der Waals surface area (Å²) in [7, 11) is -1.99. The number of morpholine rings is 1. The van der Waals surface area contributed by atoms with Crippen LogP contribution in [-0.4, -0.2) is 64.5 Å². The Morgan fingerprint density at radius 1 is 0.938 bits per heavy atom. The highest BCUT2D eigenvalue weighted by atomic mass is 32.2. The van der Waals surface area contributed by atoms with Crippen LogP contribution in [0, 0.1) is 0 Å². The van der Waals surface area contributed by atoms with Crippen LogP contribution in [0.25, 0.3) is 6.08 Å². The van der Waals surface area contributed by atoms with Crippen LogP contribution in [-0.2, 0) is 41.7 Å². The van der Waals surface area contributed by atoms with Crippen LogP contribution in [0.15, 0.2) is 120 Å². The molecular formula is C38H41N3O6S. The fourth-order valence-corrected chi connectivity index (χ4v) is 6.69. The molecule has 10 heteroatoms. The molecule has 9 nitrogen and oxygen atoms in total. The summed E-state index contributed by atoms with van der Waals surface area (Å²) in [6.07, 6.45) is 6.07. The Hall–Kier alpha value is -4.77. The number of methoxy groups -OCH3 is 1. The van der Waals surface area contributed by atoms with Crippen molar-refractivity contribution in [2.45, 2.75) is 41.9 Å². The molecule has 4 aromatic carbocycles. The first kappa shape index (κ1) is 34.6. The van der Waals surface area contributed by atoms with Gasteiger partial charge in [-0.1, -0.05) is 91.0 Å².